The molecule has 3 aromatic rings. The van der Waals surface area contributed by atoms with Gasteiger partial charge in [0, 0.05) is 57.1 Å². The van der Waals surface area contributed by atoms with E-state index < -0.39 is 11.5 Å². The zero-order valence-corrected chi connectivity index (χ0v) is 18.6. The summed E-state index contributed by atoms with van der Waals surface area (Å²) in [4.78, 5) is 27.0. The number of oxazole rings is 1. The quantitative estimate of drug-likeness (QED) is 0.351. The molecule has 7 nitrogen and oxygen atoms in total. The molecule has 2 fully saturated rings. The number of fused-ring (bicyclic) bond motifs is 1. The molecule has 172 valence electrons. The molecule has 0 spiro atoms. The Kier molecular flexibility index (Phi) is 5.44. The highest BCUT2D eigenvalue weighted by atomic mass is 19.1. The molecule has 0 amide bonds. The summed E-state index contributed by atoms with van der Waals surface area (Å²) >= 11 is 0. The number of aldehydes is 1. The minimum atomic E-state index is -1.59. The van der Waals surface area contributed by atoms with E-state index in [4.69, 9.17) is 4.42 Å². The maximum Gasteiger partial charge on any atom is 0.192 e. The van der Waals surface area contributed by atoms with Crippen LogP contribution in [0.2, 0.25) is 0 Å². The minimum Gasteiger partial charge on any atom is -0.441 e. The molecule has 33 heavy (non-hydrogen) atoms. The van der Waals surface area contributed by atoms with Crippen LogP contribution >= 0.6 is 0 Å². The molecule has 5 rings (SSSR count). The first kappa shape index (κ1) is 21.6. The summed E-state index contributed by atoms with van der Waals surface area (Å²) in [6, 6.07) is 5.05. The summed E-state index contributed by atoms with van der Waals surface area (Å²) in [7, 11) is 1.63. The fourth-order valence-electron chi connectivity index (χ4n) is 4.48. The van der Waals surface area contributed by atoms with Gasteiger partial charge in [-0.25, -0.2) is 18.8 Å². The van der Waals surface area contributed by atoms with Gasteiger partial charge >= 0.3 is 0 Å². The molecule has 1 aliphatic carbocycles. The fourth-order valence-corrected chi connectivity index (χ4v) is 4.48. The van der Waals surface area contributed by atoms with Crippen molar-refractivity contribution in [2.75, 3.05) is 20.1 Å². The molecule has 1 aromatic carbocycles. The molecular formula is C24H25F2N5O2. The number of carbonyl (C=O) groups is 1. The van der Waals surface area contributed by atoms with Crippen LogP contribution in [0.15, 0.2) is 33.8 Å². The van der Waals surface area contributed by atoms with E-state index in [0.29, 0.717) is 61.0 Å². The van der Waals surface area contributed by atoms with E-state index in [0.717, 1.165) is 0 Å². The number of likely N-dealkylation sites (tertiary alicyclic amines) is 1. The number of piperidine rings is 1. The van der Waals surface area contributed by atoms with Crippen molar-refractivity contribution in [3.63, 3.8) is 0 Å². The number of amidine groups is 1. The van der Waals surface area contributed by atoms with E-state index in [1.165, 1.54) is 31.2 Å². The van der Waals surface area contributed by atoms with Crippen LogP contribution in [0, 0.1) is 12.7 Å². The second-order valence-electron chi connectivity index (χ2n) is 8.73. The van der Waals surface area contributed by atoms with Gasteiger partial charge in [0.1, 0.15) is 11.4 Å². The van der Waals surface area contributed by atoms with E-state index in [2.05, 4.69) is 25.2 Å². The maximum atomic E-state index is 15.8. The molecule has 1 N–H and O–H groups in total. The zero-order valence-electron chi connectivity index (χ0n) is 18.6. The van der Waals surface area contributed by atoms with Gasteiger partial charge in [0.2, 0.25) is 0 Å². The molecule has 3 heterocycles. The van der Waals surface area contributed by atoms with Crippen LogP contribution < -0.4 is 5.32 Å². The molecular weight excluding hydrogens is 428 g/mol. The SMILES string of the molecule is CN/C(=N\c1cnc(-c2cc(F)c3nc(C)oc3c2)cc1C=O)C1(F)CCN(C2CC2)CC1. The number of pyridine rings is 1. The first-order valence-electron chi connectivity index (χ1n) is 11.1. The number of halogens is 2. The molecule has 2 aliphatic rings. The molecule has 1 aliphatic heterocycles. The van der Waals surface area contributed by atoms with Gasteiger partial charge in [-0.15, -0.1) is 0 Å². The lowest BCUT2D eigenvalue weighted by atomic mass is 9.91. The molecule has 9 heteroatoms. The lowest BCUT2D eigenvalue weighted by Gasteiger charge is -2.37. The van der Waals surface area contributed by atoms with Crippen LogP contribution in [0.5, 0.6) is 0 Å². The normalized spacial score (nSPS) is 19.1. The van der Waals surface area contributed by atoms with Crippen LogP contribution in [-0.2, 0) is 0 Å². The van der Waals surface area contributed by atoms with Gasteiger partial charge in [-0.2, -0.15) is 0 Å². The second-order valence-corrected chi connectivity index (χ2v) is 8.73. The molecule has 0 bridgehead atoms. The van der Waals surface area contributed by atoms with Crippen LogP contribution in [0.25, 0.3) is 22.4 Å². The highest BCUT2D eigenvalue weighted by Crippen LogP contribution is 2.36. The first-order valence-corrected chi connectivity index (χ1v) is 11.1. The molecule has 0 unspecified atom stereocenters. The minimum absolute atomic E-state index is 0.146. The van der Waals surface area contributed by atoms with Crippen molar-refractivity contribution in [2.45, 2.75) is 44.3 Å². The smallest absolute Gasteiger partial charge is 0.192 e. The van der Waals surface area contributed by atoms with Crippen molar-refractivity contribution >= 4 is 28.9 Å². The van der Waals surface area contributed by atoms with Crippen molar-refractivity contribution in [3.05, 3.63) is 41.7 Å². The lowest BCUT2D eigenvalue weighted by molar-refractivity contribution is 0.104. The van der Waals surface area contributed by atoms with E-state index in [-0.39, 0.29) is 22.6 Å². The number of benzene rings is 1. The van der Waals surface area contributed by atoms with Crippen molar-refractivity contribution in [2.24, 2.45) is 4.99 Å². The summed E-state index contributed by atoms with van der Waals surface area (Å²) in [5, 5.41) is 2.89. The van der Waals surface area contributed by atoms with Gasteiger partial charge in [-0.1, -0.05) is 0 Å². The average Bonchev–Trinajstić information content (AvgIpc) is 3.58. The number of nitrogens with one attached hydrogen (secondary N) is 1. The monoisotopic (exact) mass is 453 g/mol. The van der Waals surface area contributed by atoms with E-state index >= 15 is 4.39 Å². The standard InChI is InChI=1S/C24H25F2N5O2/c1-14-29-22-18(25)9-15(11-21(22)33-14)19-10-16(13-32)20(12-28-19)30-23(27-2)24(26)5-7-31(8-6-24)17-3-4-17/h9-13,17H,3-8H2,1-2H3,(H,27,30). The lowest BCUT2D eigenvalue weighted by Crippen LogP contribution is -2.50. The van der Waals surface area contributed by atoms with Gasteiger partial charge in [-0.3, -0.25) is 9.78 Å². The number of carbonyl (C=O) groups excluding carboxylic acids is 1. The van der Waals surface area contributed by atoms with Crippen molar-refractivity contribution in [1.82, 2.24) is 20.2 Å². The Bertz CT molecular complexity index is 1240. The number of aryl methyl sites for hydroxylation is 1. The second kappa shape index (κ2) is 8.30. The Labute approximate surface area is 189 Å². The summed E-state index contributed by atoms with van der Waals surface area (Å²) in [5.41, 5.74) is 0.179. The third-order valence-electron chi connectivity index (χ3n) is 6.44. The first-order chi connectivity index (χ1) is 15.9. The number of alkyl halides is 1. The summed E-state index contributed by atoms with van der Waals surface area (Å²) in [6.45, 7) is 3.02. The van der Waals surface area contributed by atoms with Crippen molar-refractivity contribution < 1.29 is 18.0 Å². The Balaban J connectivity index is 1.45. The number of hydrogen-bond donors (Lipinski definition) is 1. The van der Waals surface area contributed by atoms with Gasteiger partial charge < -0.3 is 14.6 Å². The summed E-state index contributed by atoms with van der Waals surface area (Å²) < 4.78 is 35.7. The largest absolute Gasteiger partial charge is 0.441 e. The molecule has 1 saturated carbocycles. The summed E-state index contributed by atoms with van der Waals surface area (Å²) in [6.07, 6.45) is 5.14. The van der Waals surface area contributed by atoms with Gasteiger partial charge in [-0.05, 0) is 31.0 Å². The maximum absolute atomic E-state index is 15.8. The fraction of sp³-hybridized carbons (Fsp3) is 0.417. The van der Waals surface area contributed by atoms with Crippen LogP contribution in [-0.4, -0.2) is 58.8 Å². The number of nitrogens with zero attached hydrogens (tertiary/aromatic N) is 4. The predicted octanol–water partition coefficient (Wildman–Crippen LogP) is 4.37. The molecule has 1 saturated heterocycles. The van der Waals surface area contributed by atoms with Crippen LogP contribution in [0.4, 0.5) is 14.5 Å². The van der Waals surface area contributed by atoms with Crippen LogP contribution in [0.1, 0.15) is 41.9 Å². The Morgan fingerprint density at radius 3 is 2.73 bits per heavy atom. The highest BCUT2D eigenvalue weighted by Gasteiger charge is 2.42. The van der Waals surface area contributed by atoms with Crippen molar-refractivity contribution in [1.29, 1.82) is 0 Å². The van der Waals surface area contributed by atoms with Gasteiger partial charge in [0.25, 0.3) is 0 Å². The van der Waals surface area contributed by atoms with E-state index in [9.17, 15) is 9.18 Å². The third kappa shape index (κ3) is 4.13. The summed E-state index contributed by atoms with van der Waals surface area (Å²) in [5.74, 6) is 0.0143. The Morgan fingerprint density at radius 2 is 2.06 bits per heavy atom. The van der Waals surface area contributed by atoms with Gasteiger partial charge in [0.05, 0.1) is 17.6 Å². The highest BCUT2D eigenvalue weighted by molar-refractivity contribution is 5.95. The number of hydrogen-bond acceptors (Lipinski definition) is 6. The van der Waals surface area contributed by atoms with Crippen molar-refractivity contribution in [3.8, 4) is 11.3 Å². The van der Waals surface area contributed by atoms with Crippen LogP contribution in [0.3, 0.4) is 0 Å². The Morgan fingerprint density at radius 1 is 1.30 bits per heavy atom. The topological polar surface area (TPSA) is 83.6 Å². The number of aromatic nitrogens is 2. The molecule has 0 radical (unpaired) electrons. The zero-order chi connectivity index (χ0) is 23.2. The molecule has 0 atom stereocenters. The van der Waals surface area contributed by atoms with E-state index in [1.807, 2.05) is 0 Å². The number of aliphatic imine (C=N–C) groups is 1. The van der Waals surface area contributed by atoms with E-state index in [1.54, 1.807) is 20.0 Å². The Hall–Kier alpha value is -3.20. The molecule has 2 aromatic heterocycles. The van der Waals surface area contributed by atoms with Gasteiger partial charge in [0.15, 0.2) is 29.2 Å². The number of rotatable bonds is 5. The third-order valence-corrected chi connectivity index (χ3v) is 6.44. The average molecular weight is 453 g/mol. The predicted molar refractivity (Wildman–Crippen MR) is 121 cm³/mol.